The van der Waals surface area contributed by atoms with Crippen molar-refractivity contribution < 1.29 is 14.1 Å². The molecule has 1 aromatic carbocycles. The summed E-state index contributed by atoms with van der Waals surface area (Å²) in [5, 5.41) is 4.63. The van der Waals surface area contributed by atoms with Crippen molar-refractivity contribution in [1.82, 2.24) is 20.0 Å². The van der Waals surface area contributed by atoms with Crippen LogP contribution in [-0.4, -0.2) is 45.1 Å². The van der Waals surface area contributed by atoms with Gasteiger partial charge in [-0.3, -0.25) is 4.79 Å². The van der Waals surface area contributed by atoms with Crippen LogP contribution >= 0.6 is 11.6 Å². The molecule has 0 bridgehead atoms. The quantitative estimate of drug-likeness (QED) is 0.603. The van der Waals surface area contributed by atoms with Crippen LogP contribution in [0.2, 0.25) is 5.02 Å². The summed E-state index contributed by atoms with van der Waals surface area (Å²) in [6.07, 6.45) is 5.91. The van der Waals surface area contributed by atoms with Crippen LogP contribution in [0.25, 0.3) is 11.3 Å². The Morgan fingerprint density at radius 3 is 2.80 bits per heavy atom. The Balaban J connectivity index is 1.52. The largest absolute Gasteiger partial charge is 0.458 e. The molecule has 7 nitrogen and oxygen atoms in total. The molecular weight excluding hydrogens is 404 g/mol. The normalized spacial score (nSPS) is 16.5. The highest BCUT2D eigenvalue weighted by atomic mass is 35.5. The third-order valence-electron chi connectivity index (χ3n) is 5.23. The van der Waals surface area contributed by atoms with Crippen LogP contribution in [0.15, 0.2) is 41.2 Å². The fourth-order valence-electron chi connectivity index (χ4n) is 3.57. The van der Waals surface area contributed by atoms with Crippen molar-refractivity contribution in [3.05, 3.63) is 58.6 Å². The van der Waals surface area contributed by atoms with Crippen molar-refractivity contribution in [2.24, 2.45) is 0 Å². The first-order chi connectivity index (χ1) is 14.6. The molecule has 1 unspecified atom stereocenters. The molecular formula is C22H23ClN4O3. The SMILES string of the molecule is CCc1cnc(OC2CCCN(C(=O)c3c(-c4ccccc4Cl)noc3C)C2)nc1. The fourth-order valence-corrected chi connectivity index (χ4v) is 3.80. The molecule has 30 heavy (non-hydrogen) atoms. The minimum atomic E-state index is -0.167. The molecule has 1 aliphatic heterocycles. The number of piperidine rings is 1. The Morgan fingerprint density at radius 2 is 2.07 bits per heavy atom. The van der Waals surface area contributed by atoms with E-state index in [-0.39, 0.29) is 12.0 Å². The number of ether oxygens (including phenoxy) is 1. The molecule has 0 radical (unpaired) electrons. The smallest absolute Gasteiger partial charge is 0.316 e. The molecule has 1 saturated heterocycles. The van der Waals surface area contributed by atoms with E-state index in [0.717, 1.165) is 24.8 Å². The molecule has 3 heterocycles. The van der Waals surface area contributed by atoms with Crippen molar-refractivity contribution in [3.8, 4) is 17.3 Å². The second-order valence-electron chi connectivity index (χ2n) is 7.30. The first-order valence-electron chi connectivity index (χ1n) is 10.0. The number of rotatable bonds is 5. The number of aryl methyl sites for hydroxylation is 2. The highest BCUT2D eigenvalue weighted by Gasteiger charge is 2.31. The molecule has 0 N–H and O–H groups in total. The van der Waals surface area contributed by atoms with Crippen LogP contribution in [0, 0.1) is 6.92 Å². The van der Waals surface area contributed by atoms with Crippen molar-refractivity contribution in [2.45, 2.75) is 39.2 Å². The van der Waals surface area contributed by atoms with E-state index in [9.17, 15) is 4.79 Å². The summed E-state index contributed by atoms with van der Waals surface area (Å²) in [6.45, 7) is 4.88. The lowest BCUT2D eigenvalue weighted by Crippen LogP contribution is -2.44. The van der Waals surface area contributed by atoms with Gasteiger partial charge in [-0.2, -0.15) is 0 Å². The van der Waals surface area contributed by atoms with Gasteiger partial charge in [-0.1, -0.05) is 41.9 Å². The van der Waals surface area contributed by atoms with Gasteiger partial charge in [-0.15, -0.1) is 0 Å². The topological polar surface area (TPSA) is 81.4 Å². The number of likely N-dealkylation sites (tertiary alicyclic amines) is 1. The molecule has 3 aromatic rings. The van der Waals surface area contributed by atoms with Crippen LogP contribution < -0.4 is 4.74 Å². The lowest BCUT2D eigenvalue weighted by Gasteiger charge is -2.32. The highest BCUT2D eigenvalue weighted by molar-refractivity contribution is 6.33. The summed E-state index contributed by atoms with van der Waals surface area (Å²) in [7, 11) is 0. The number of carbonyl (C=O) groups excluding carboxylic acids is 1. The maximum absolute atomic E-state index is 13.4. The van der Waals surface area contributed by atoms with Crippen molar-refractivity contribution >= 4 is 17.5 Å². The maximum atomic E-state index is 13.4. The molecule has 156 valence electrons. The molecule has 1 fully saturated rings. The van der Waals surface area contributed by atoms with Gasteiger partial charge in [0.25, 0.3) is 5.91 Å². The zero-order valence-corrected chi connectivity index (χ0v) is 17.7. The second-order valence-corrected chi connectivity index (χ2v) is 7.71. The predicted molar refractivity (Wildman–Crippen MR) is 113 cm³/mol. The Kier molecular flexibility index (Phi) is 5.99. The van der Waals surface area contributed by atoms with E-state index >= 15 is 0 Å². The molecule has 1 aliphatic rings. The summed E-state index contributed by atoms with van der Waals surface area (Å²) >= 11 is 6.33. The van der Waals surface area contributed by atoms with Gasteiger partial charge >= 0.3 is 6.01 Å². The van der Waals surface area contributed by atoms with Gasteiger partial charge in [0, 0.05) is 24.5 Å². The van der Waals surface area contributed by atoms with E-state index in [1.807, 2.05) is 25.1 Å². The van der Waals surface area contributed by atoms with Crippen molar-refractivity contribution in [1.29, 1.82) is 0 Å². The monoisotopic (exact) mass is 426 g/mol. The number of amides is 1. The summed E-state index contributed by atoms with van der Waals surface area (Å²) in [4.78, 5) is 23.7. The molecule has 0 aliphatic carbocycles. The Bertz CT molecular complexity index is 1040. The van der Waals surface area contributed by atoms with Gasteiger partial charge < -0.3 is 14.2 Å². The van der Waals surface area contributed by atoms with Crippen molar-refractivity contribution in [2.75, 3.05) is 13.1 Å². The summed E-state index contributed by atoms with van der Waals surface area (Å²) < 4.78 is 11.3. The van der Waals surface area contributed by atoms with Crippen LogP contribution in [0.5, 0.6) is 6.01 Å². The summed E-state index contributed by atoms with van der Waals surface area (Å²) in [5.74, 6) is 0.329. The zero-order valence-electron chi connectivity index (χ0n) is 17.0. The average Bonchev–Trinajstić information content (AvgIpc) is 3.15. The lowest BCUT2D eigenvalue weighted by molar-refractivity contribution is 0.0514. The minimum Gasteiger partial charge on any atom is -0.458 e. The molecule has 0 saturated carbocycles. The Labute approximate surface area is 180 Å². The number of hydrogen-bond donors (Lipinski definition) is 0. The van der Waals surface area contributed by atoms with Crippen LogP contribution in [0.3, 0.4) is 0 Å². The van der Waals surface area contributed by atoms with E-state index in [4.69, 9.17) is 20.9 Å². The average molecular weight is 427 g/mol. The number of aromatic nitrogens is 3. The van der Waals surface area contributed by atoms with Crippen molar-refractivity contribution in [3.63, 3.8) is 0 Å². The van der Waals surface area contributed by atoms with Crippen LogP contribution in [-0.2, 0) is 6.42 Å². The number of nitrogens with zero attached hydrogens (tertiary/aromatic N) is 4. The second kappa shape index (κ2) is 8.83. The van der Waals surface area contributed by atoms with Gasteiger partial charge in [0.15, 0.2) is 0 Å². The standard InChI is InChI=1S/C22H23ClN4O3/c1-3-15-11-24-22(25-12-15)29-16-7-6-10-27(13-16)21(28)19-14(2)30-26-20(19)17-8-4-5-9-18(17)23/h4-5,8-9,11-12,16H,3,6-7,10,13H2,1-2H3. The van der Waals surface area contributed by atoms with Gasteiger partial charge in [0.1, 0.15) is 23.1 Å². The molecule has 1 amide bonds. The van der Waals surface area contributed by atoms with Crippen LogP contribution in [0.1, 0.15) is 41.4 Å². The fraction of sp³-hybridized carbons (Fsp3) is 0.364. The first kappa shape index (κ1) is 20.3. The van der Waals surface area contributed by atoms with E-state index in [1.54, 1.807) is 30.3 Å². The van der Waals surface area contributed by atoms with E-state index in [2.05, 4.69) is 15.1 Å². The zero-order chi connectivity index (χ0) is 21.1. The molecule has 2 aromatic heterocycles. The minimum absolute atomic E-state index is 0.140. The lowest BCUT2D eigenvalue weighted by atomic mass is 10.0. The van der Waals surface area contributed by atoms with E-state index in [0.29, 0.717) is 46.7 Å². The maximum Gasteiger partial charge on any atom is 0.316 e. The van der Waals surface area contributed by atoms with E-state index < -0.39 is 0 Å². The third-order valence-corrected chi connectivity index (χ3v) is 5.56. The number of carbonyl (C=O) groups is 1. The molecule has 0 spiro atoms. The highest BCUT2D eigenvalue weighted by Crippen LogP contribution is 2.32. The van der Waals surface area contributed by atoms with Crippen LogP contribution in [0.4, 0.5) is 0 Å². The Morgan fingerprint density at radius 1 is 1.30 bits per heavy atom. The molecule has 4 rings (SSSR count). The molecule has 1 atom stereocenters. The molecule has 8 heteroatoms. The number of halogens is 1. The Hall–Kier alpha value is -2.93. The number of benzene rings is 1. The first-order valence-corrected chi connectivity index (χ1v) is 10.4. The number of hydrogen-bond acceptors (Lipinski definition) is 6. The van der Waals surface area contributed by atoms with Gasteiger partial charge in [0.2, 0.25) is 0 Å². The summed E-state index contributed by atoms with van der Waals surface area (Å²) in [6, 6.07) is 7.62. The predicted octanol–water partition coefficient (Wildman–Crippen LogP) is 4.34. The van der Waals surface area contributed by atoms with E-state index in [1.165, 1.54) is 0 Å². The summed E-state index contributed by atoms with van der Waals surface area (Å²) in [5.41, 5.74) is 2.63. The van der Waals surface area contributed by atoms with Gasteiger partial charge in [-0.05, 0) is 37.8 Å². The van der Waals surface area contributed by atoms with Gasteiger partial charge in [-0.25, -0.2) is 9.97 Å². The third kappa shape index (κ3) is 4.16. The van der Waals surface area contributed by atoms with Gasteiger partial charge in [0.05, 0.1) is 11.6 Å².